The zero-order valence-corrected chi connectivity index (χ0v) is 15.7. The lowest BCUT2D eigenvalue weighted by atomic mass is 10.1. The fourth-order valence-corrected chi connectivity index (χ4v) is 3.41. The highest BCUT2D eigenvalue weighted by molar-refractivity contribution is 5.85. The Balaban J connectivity index is 0.00000288. The highest BCUT2D eigenvalue weighted by atomic mass is 35.5. The lowest BCUT2D eigenvalue weighted by Gasteiger charge is -2.36. The Morgan fingerprint density at radius 3 is 2.04 bits per heavy atom. The molecule has 0 bridgehead atoms. The van der Waals surface area contributed by atoms with Gasteiger partial charge in [-0.1, -0.05) is 26.2 Å². The summed E-state index contributed by atoms with van der Waals surface area (Å²) >= 11 is 0. The fraction of sp³-hybridized carbons (Fsp3) is 0.882. The first kappa shape index (κ1) is 21.2. The zero-order chi connectivity index (χ0) is 16.7. The molecule has 0 aromatic heterocycles. The van der Waals surface area contributed by atoms with Gasteiger partial charge in [-0.2, -0.15) is 0 Å². The molecular formula is C17H33ClN4O2. The molecule has 0 aromatic carbocycles. The van der Waals surface area contributed by atoms with Gasteiger partial charge in [-0.05, 0) is 19.3 Å². The molecular weight excluding hydrogens is 328 g/mol. The predicted octanol–water partition coefficient (Wildman–Crippen LogP) is 1.08. The van der Waals surface area contributed by atoms with Gasteiger partial charge in [0.15, 0.2) is 0 Å². The quantitative estimate of drug-likeness (QED) is 0.796. The molecule has 2 N–H and O–H groups in total. The van der Waals surface area contributed by atoms with Gasteiger partial charge in [0.25, 0.3) is 0 Å². The number of likely N-dealkylation sites (tertiary alicyclic amines) is 1. The Kier molecular flexibility index (Phi) is 9.63. The molecule has 140 valence electrons. The second-order valence-corrected chi connectivity index (χ2v) is 6.79. The summed E-state index contributed by atoms with van der Waals surface area (Å²) < 4.78 is 0. The van der Waals surface area contributed by atoms with Crippen LogP contribution in [0.3, 0.4) is 0 Å². The van der Waals surface area contributed by atoms with Gasteiger partial charge in [0.1, 0.15) is 0 Å². The zero-order valence-electron chi connectivity index (χ0n) is 14.9. The van der Waals surface area contributed by atoms with Crippen molar-refractivity contribution in [1.82, 2.24) is 14.7 Å². The minimum absolute atomic E-state index is 0. The van der Waals surface area contributed by atoms with Gasteiger partial charge in [-0.15, -0.1) is 12.4 Å². The summed E-state index contributed by atoms with van der Waals surface area (Å²) in [6.45, 7) is 7.25. The molecule has 0 aromatic rings. The lowest BCUT2D eigenvalue weighted by molar-refractivity contribution is -0.136. The van der Waals surface area contributed by atoms with Crippen molar-refractivity contribution in [2.75, 3.05) is 45.8 Å². The van der Waals surface area contributed by atoms with E-state index < -0.39 is 0 Å². The molecule has 7 heteroatoms. The van der Waals surface area contributed by atoms with Crippen LogP contribution in [-0.4, -0.2) is 78.4 Å². The number of hydrogen-bond donors (Lipinski definition) is 1. The molecule has 2 fully saturated rings. The van der Waals surface area contributed by atoms with Gasteiger partial charge in [-0.25, -0.2) is 0 Å². The third kappa shape index (κ3) is 6.22. The number of halogens is 1. The molecule has 0 radical (unpaired) electrons. The summed E-state index contributed by atoms with van der Waals surface area (Å²) in [6, 6.07) is -0.370. The summed E-state index contributed by atoms with van der Waals surface area (Å²) in [7, 11) is 0. The van der Waals surface area contributed by atoms with Crippen LogP contribution >= 0.6 is 12.4 Å². The van der Waals surface area contributed by atoms with Gasteiger partial charge in [0, 0.05) is 39.3 Å². The van der Waals surface area contributed by atoms with E-state index in [4.69, 9.17) is 5.73 Å². The molecule has 2 aliphatic rings. The largest absolute Gasteiger partial charge is 0.342 e. The molecule has 0 aliphatic carbocycles. The van der Waals surface area contributed by atoms with Crippen LogP contribution in [-0.2, 0) is 9.59 Å². The van der Waals surface area contributed by atoms with Crippen LogP contribution in [0, 0.1) is 0 Å². The van der Waals surface area contributed by atoms with Crippen LogP contribution in [0.15, 0.2) is 0 Å². The number of amides is 2. The molecule has 1 atom stereocenters. The van der Waals surface area contributed by atoms with Crippen molar-refractivity contribution in [3.05, 3.63) is 0 Å². The highest BCUT2D eigenvalue weighted by Crippen LogP contribution is 2.11. The van der Waals surface area contributed by atoms with E-state index >= 15 is 0 Å². The topological polar surface area (TPSA) is 69.9 Å². The number of nitrogens with zero attached hydrogens (tertiary/aromatic N) is 3. The first-order chi connectivity index (χ1) is 11.1. The third-order valence-electron chi connectivity index (χ3n) is 4.92. The molecule has 0 spiro atoms. The maximum Gasteiger partial charge on any atom is 0.239 e. The predicted molar refractivity (Wildman–Crippen MR) is 98.2 cm³/mol. The first-order valence-electron chi connectivity index (χ1n) is 9.16. The third-order valence-corrected chi connectivity index (χ3v) is 4.92. The second-order valence-electron chi connectivity index (χ2n) is 6.79. The van der Waals surface area contributed by atoms with E-state index in [2.05, 4.69) is 4.90 Å². The lowest BCUT2D eigenvalue weighted by Crippen LogP contribution is -2.54. The average molecular weight is 361 g/mol. The van der Waals surface area contributed by atoms with Crippen molar-refractivity contribution >= 4 is 24.2 Å². The summed E-state index contributed by atoms with van der Waals surface area (Å²) in [6.07, 6.45) is 6.40. The monoisotopic (exact) mass is 360 g/mol. The van der Waals surface area contributed by atoms with Gasteiger partial charge >= 0.3 is 0 Å². The molecule has 0 saturated carbocycles. The average Bonchev–Trinajstić information content (AvgIpc) is 2.84. The van der Waals surface area contributed by atoms with Gasteiger partial charge in [0.05, 0.1) is 12.6 Å². The van der Waals surface area contributed by atoms with Crippen molar-refractivity contribution < 1.29 is 9.59 Å². The van der Waals surface area contributed by atoms with Gasteiger partial charge in [-0.3, -0.25) is 14.5 Å². The van der Waals surface area contributed by atoms with Crippen molar-refractivity contribution in [2.45, 2.75) is 51.5 Å². The van der Waals surface area contributed by atoms with Crippen molar-refractivity contribution in [3.8, 4) is 0 Å². The maximum absolute atomic E-state index is 12.4. The van der Waals surface area contributed by atoms with E-state index in [0.29, 0.717) is 19.6 Å². The van der Waals surface area contributed by atoms with Crippen molar-refractivity contribution in [3.63, 3.8) is 0 Å². The van der Waals surface area contributed by atoms with E-state index in [1.54, 1.807) is 0 Å². The number of carbonyl (C=O) groups excluding carboxylic acids is 2. The number of rotatable bonds is 5. The van der Waals surface area contributed by atoms with Crippen LogP contribution in [0.1, 0.15) is 45.4 Å². The smallest absolute Gasteiger partial charge is 0.239 e. The second kappa shape index (κ2) is 10.9. The summed E-state index contributed by atoms with van der Waals surface area (Å²) in [5.74, 6) is 0.305. The van der Waals surface area contributed by atoms with Crippen molar-refractivity contribution in [2.24, 2.45) is 5.73 Å². The maximum atomic E-state index is 12.4. The Labute approximate surface area is 152 Å². The highest BCUT2D eigenvalue weighted by Gasteiger charge is 2.26. The normalized spacial score (nSPS) is 20.9. The standard InChI is InChI=1S/C17H32N4O2.ClH/c1-2-7-15(18)17(23)21-12-10-19(11-13-21)14-16(22)20-8-5-3-4-6-9-20;/h15H,2-14,18H2,1H3;1H. The summed E-state index contributed by atoms with van der Waals surface area (Å²) in [4.78, 5) is 30.7. The molecule has 2 amide bonds. The van der Waals surface area contributed by atoms with Crippen LogP contribution < -0.4 is 5.73 Å². The van der Waals surface area contributed by atoms with E-state index in [1.807, 2.05) is 16.7 Å². The van der Waals surface area contributed by atoms with Gasteiger partial charge in [0.2, 0.25) is 11.8 Å². The van der Waals surface area contributed by atoms with E-state index in [1.165, 1.54) is 12.8 Å². The SMILES string of the molecule is CCCC(N)C(=O)N1CCN(CC(=O)N2CCCCCC2)CC1.Cl. The Morgan fingerprint density at radius 1 is 0.917 bits per heavy atom. The van der Waals surface area contributed by atoms with E-state index in [9.17, 15) is 9.59 Å². The number of piperazine rings is 1. The molecule has 24 heavy (non-hydrogen) atoms. The Hall–Kier alpha value is -0.850. The van der Waals surface area contributed by atoms with Crippen LogP contribution in [0.25, 0.3) is 0 Å². The van der Waals surface area contributed by atoms with E-state index in [-0.39, 0.29) is 30.3 Å². The van der Waals surface area contributed by atoms with Gasteiger partial charge < -0.3 is 15.5 Å². The molecule has 1 unspecified atom stereocenters. The molecule has 6 nitrogen and oxygen atoms in total. The van der Waals surface area contributed by atoms with Crippen LogP contribution in [0.4, 0.5) is 0 Å². The molecule has 2 heterocycles. The summed E-state index contributed by atoms with van der Waals surface area (Å²) in [5.41, 5.74) is 5.92. The minimum atomic E-state index is -0.370. The van der Waals surface area contributed by atoms with E-state index in [0.717, 1.165) is 51.9 Å². The minimum Gasteiger partial charge on any atom is -0.342 e. The molecule has 2 aliphatic heterocycles. The number of carbonyl (C=O) groups is 2. The number of nitrogens with two attached hydrogens (primary N) is 1. The molecule has 2 rings (SSSR count). The van der Waals surface area contributed by atoms with Crippen LogP contribution in [0.2, 0.25) is 0 Å². The Bertz CT molecular complexity index is 392. The van der Waals surface area contributed by atoms with Crippen molar-refractivity contribution in [1.29, 1.82) is 0 Å². The first-order valence-corrected chi connectivity index (χ1v) is 9.16. The van der Waals surface area contributed by atoms with Crippen LogP contribution in [0.5, 0.6) is 0 Å². The summed E-state index contributed by atoms with van der Waals surface area (Å²) in [5, 5.41) is 0. The molecule has 2 saturated heterocycles. The fourth-order valence-electron chi connectivity index (χ4n) is 3.41. The number of hydrogen-bond acceptors (Lipinski definition) is 4. The Morgan fingerprint density at radius 2 is 1.50 bits per heavy atom.